The van der Waals surface area contributed by atoms with E-state index in [-0.39, 0.29) is 11.9 Å². The zero-order chi connectivity index (χ0) is 16.9. The largest absolute Gasteiger partial charge is 0.354 e. The maximum absolute atomic E-state index is 12.2. The Kier molecular flexibility index (Phi) is 5.36. The number of nitrogens with zero attached hydrogens (tertiary/aromatic N) is 2. The zero-order valence-corrected chi connectivity index (χ0v) is 14.7. The van der Waals surface area contributed by atoms with E-state index in [4.69, 9.17) is 0 Å². The van der Waals surface area contributed by atoms with E-state index in [1.807, 2.05) is 19.3 Å². The lowest BCUT2D eigenvalue weighted by Gasteiger charge is -2.31. The molecule has 128 valence electrons. The molecular weight excluding hydrogens is 298 g/mol. The van der Waals surface area contributed by atoms with E-state index >= 15 is 0 Å². The molecule has 2 aromatic rings. The maximum Gasteiger partial charge on any atom is 0.220 e. The molecule has 0 bridgehead atoms. The lowest BCUT2D eigenvalue weighted by molar-refractivity contribution is -0.121. The third-order valence-electron chi connectivity index (χ3n) is 4.81. The topological polar surface area (TPSA) is 37.3 Å². The van der Waals surface area contributed by atoms with Crippen LogP contribution in [0.5, 0.6) is 0 Å². The van der Waals surface area contributed by atoms with Crippen molar-refractivity contribution in [2.75, 3.05) is 13.1 Å². The molecule has 1 aliphatic rings. The second-order valence-corrected chi connectivity index (χ2v) is 6.83. The third-order valence-corrected chi connectivity index (χ3v) is 4.81. The lowest BCUT2D eigenvalue weighted by atomic mass is 10.00. The van der Waals surface area contributed by atoms with Gasteiger partial charge >= 0.3 is 0 Å². The molecular formula is C20H27N3O. The van der Waals surface area contributed by atoms with Gasteiger partial charge in [0.05, 0.1) is 0 Å². The Morgan fingerprint density at radius 1 is 1.21 bits per heavy atom. The van der Waals surface area contributed by atoms with E-state index in [1.165, 1.54) is 16.8 Å². The molecule has 4 heteroatoms. The fraction of sp³-hybridized carbons (Fsp3) is 0.450. The number of carbonyl (C=O) groups excluding carboxylic acids is 1. The molecule has 0 saturated heterocycles. The molecule has 1 amide bonds. The molecule has 1 aromatic carbocycles. The number of benzene rings is 1. The van der Waals surface area contributed by atoms with Gasteiger partial charge in [-0.2, -0.15) is 0 Å². The highest BCUT2D eigenvalue weighted by Crippen LogP contribution is 2.18. The number of hydrogen-bond acceptors (Lipinski definition) is 2. The number of aryl methyl sites for hydroxylation is 2. The molecule has 1 aromatic heterocycles. The predicted molar refractivity (Wildman–Crippen MR) is 96.8 cm³/mol. The van der Waals surface area contributed by atoms with Gasteiger partial charge in [0.25, 0.3) is 0 Å². The number of amides is 1. The highest BCUT2D eigenvalue weighted by atomic mass is 16.1. The van der Waals surface area contributed by atoms with Gasteiger partial charge in [0.15, 0.2) is 0 Å². The summed E-state index contributed by atoms with van der Waals surface area (Å²) in [5.41, 5.74) is 4.09. The van der Waals surface area contributed by atoms with Crippen LogP contribution in [0.4, 0.5) is 0 Å². The Labute approximate surface area is 144 Å². The Morgan fingerprint density at radius 3 is 2.75 bits per heavy atom. The standard InChI is InChI=1S/C20H27N3O/c1-16(21-20(24)10-9-19-8-5-12-22(19)2)14-23-13-11-17-6-3-4-7-18(17)15-23/h3-8,12,16H,9-11,13-15H2,1-2H3,(H,21,24). The van der Waals surface area contributed by atoms with E-state index in [9.17, 15) is 4.79 Å². The van der Waals surface area contributed by atoms with Crippen molar-refractivity contribution in [2.24, 2.45) is 7.05 Å². The van der Waals surface area contributed by atoms with Gasteiger partial charge in [0, 0.05) is 51.0 Å². The minimum Gasteiger partial charge on any atom is -0.354 e. The van der Waals surface area contributed by atoms with Crippen molar-refractivity contribution >= 4 is 5.91 Å². The Morgan fingerprint density at radius 2 is 2.00 bits per heavy atom. The van der Waals surface area contributed by atoms with Crippen LogP contribution in [0.3, 0.4) is 0 Å². The van der Waals surface area contributed by atoms with Gasteiger partial charge in [-0.3, -0.25) is 9.69 Å². The highest BCUT2D eigenvalue weighted by Gasteiger charge is 2.18. The summed E-state index contributed by atoms with van der Waals surface area (Å²) in [6.07, 6.45) is 4.46. The summed E-state index contributed by atoms with van der Waals surface area (Å²) >= 11 is 0. The molecule has 1 atom stereocenters. The second kappa shape index (κ2) is 7.67. The van der Waals surface area contributed by atoms with Crippen LogP contribution < -0.4 is 5.32 Å². The summed E-state index contributed by atoms with van der Waals surface area (Å²) in [4.78, 5) is 14.6. The van der Waals surface area contributed by atoms with Crippen molar-refractivity contribution in [2.45, 2.75) is 38.8 Å². The summed E-state index contributed by atoms with van der Waals surface area (Å²) in [5, 5.41) is 3.14. The number of hydrogen-bond donors (Lipinski definition) is 1. The van der Waals surface area contributed by atoms with Gasteiger partial charge in [0.2, 0.25) is 5.91 Å². The normalized spacial score (nSPS) is 15.8. The molecule has 24 heavy (non-hydrogen) atoms. The van der Waals surface area contributed by atoms with Crippen molar-refractivity contribution in [3.63, 3.8) is 0 Å². The van der Waals surface area contributed by atoms with Crippen LogP contribution in [-0.4, -0.2) is 34.5 Å². The van der Waals surface area contributed by atoms with Gasteiger partial charge in [-0.1, -0.05) is 24.3 Å². The maximum atomic E-state index is 12.2. The van der Waals surface area contributed by atoms with Crippen LogP contribution in [-0.2, 0) is 31.2 Å². The first kappa shape index (κ1) is 16.8. The average Bonchev–Trinajstić information content (AvgIpc) is 2.98. The van der Waals surface area contributed by atoms with Gasteiger partial charge < -0.3 is 9.88 Å². The number of rotatable bonds is 6. The first-order chi connectivity index (χ1) is 11.6. The minimum atomic E-state index is 0.140. The van der Waals surface area contributed by atoms with Crippen LogP contribution >= 0.6 is 0 Å². The molecule has 0 aliphatic carbocycles. The fourth-order valence-electron chi connectivity index (χ4n) is 3.49. The zero-order valence-electron chi connectivity index (χ0n) is 14.7. The first-order valence-corrected chi connectivity index (χ1v) is 8.80. The van der Waals surface area contributed by atoms with Gasteiger partial charge in [-0.05, 0) is 43.0 Å². The SMILES string of the molecule is CC(CN1CCc2ccccc2C1)NC(=O)CCc1cccn1C. The molecule has 4 nitrogen and oxygen atoms in total. The lowest BCUT2D eigenvalue weighted by Crippen LogP contribution is -2.43. The highest BCUT2D eigenvalue weighted by molar-refractivity contribution is 5.76. The number of nitrogens with one attached hydrogen (secondary N) is 1. The van der Waals surface area contributed by atoms with E-state index in [2.05, 4.69) is 52.0 Å². The van der Waals surface area contributed by atoms with Gasteiger partial charge in [-0.25, -0.2) is 0 Å². The Hall–Kier alpha value is -2.07. The van der Waals surface area contributed by atoms with Crippen LogP contribution in [0.25, 0.3) is 0 Å². The second-order valence-electron chi connectivity index (χ2n) is 6.83. The van der Waals surface area contributed by atoms with Crippen molar-refractivity contribution < 1.29 is 4.79 Å². The molecule has 1 aliphatic heterocycles. The van der Waals surface area contributed by atoms with Crippen molar-refractivity contribution in [3.8, 4) is 0 Å². The number of aromatic nitrogens is 1. The van der Waals surface area contributed by atoms with Crippen molar-refractivity contribution in [1.82, 2.24) is 14.8 Å². The van der Waals surface area contributed by atoms with Gasteiger partial charge in [-0.15, -0.1) is 0 Å². The average molecular weight is 325 g/mol. The molecule has 1 unspecified atom stereocenters. The molecule has 0 spiro atoms. The molecule has 0 saturated carbocycles. The van der Waals surface area contributed by atoms with Crippen LogP contribution in [0.2, 0.25) is 0 Å². The van der Waals surface area contributed by atoms with Crippen molar-refractivity contribution in [3.05, 3.63) is 59.4 Å². The smallest absolute Gasteiger partial charge is 0.220 e. The number of carbonyl (C=O) groups is 1. The Balaban J connectivity index is 1.43. The molecule has 2 heterocycles. The van der Waals surface area contributed by atoms with E-state index in [0.29, 0.717) is 6.42 Å². The van der Waals surface area contributed by atoms with Crippen LogP contribution in [0, 0.1) is 0 Å². The van der Waals surface area contributed by atoms with Crippen molar-refractivity contribution in [1.29, 1.82) is 0 Å². The van der Waals surface area contributed by atoms with Crippen LogP contribution in [0.15, 0.2) is 42.6 Å². The molecule has 0 radical (unpaired) electrons. The minimum absolute atomic E-state index is 0.140. The summed E-state index contributed by atoms with van der Waals surface area (Å²) in [7, 11) is 2.02. The van der Waals surface area contributed by atoms with E-state index in [1.54, 1.807) is 0 Å². The molecule has 1 N–H and O–H groups in total. The predicted octanol–water partition coefficient (Wildman–Crippen LogP) is 2.52. The number of fused-ring (bicyclic) bond motifs is 1. The summed E-state index contributed by atoms with van der Waals surface area (Å²) in [6, 6.07) is 12.9. The summed E-state index contributed by atoms with van der Waals surface area (Å²) in [5.74, 6) is 0.140. The summed E-state index contributed by atoms with van der Waals surface area (Å²) < 4.78 is 2.07. The van der Waals surface area contributed by atoms with Gasteiger partial charge in [0.1, 0.15) is 0 Å². The quantitative estimate of drug-likeness (QED) is 0.886. The Bertz CT molecular complexity index is 692. The van der Waals surface area contributed by atoms with E-state index < -0.39 is 0 Å². The molecule has 3 rings (SSSR count). The third kappa shape index (κ3) is 4.26. The van der Waals surface area contributed by atoms with Crippen LogP contribution in [0.1, 0.15) is 30.2 Å². The first-order valence-electron chi connectivity index (χ1n) is 8.80. The van der Waals surface area contributed by atoms with E-state index in [0.717, 1.165) is 32.5 Å². The fourth-order valence-corrected chi connectivity index (χ4v) is 3.49. The molecule has 0 fully saturated rings. The summed E-state index contributed by atoms with van der Waals surface area (Å²) in [6.45, 7) is 5.06. The monoisotopic (exact) mass is 325 g/mol.